The topological polar surface area (TPSA) is 80.9 Å². The maximum atomic E-state index is 9.27. The van der Waals surface area contributed by atoms with Gasteiger partial charge in [-0.25, -0.2) is 0 Å². The van der Waals surface area contributed by atoms with E-state index in [1.807, 2.05) is 0 Å². The van der Waals surface area contributed by atoms with Crippen LogP contribution in [-0.2, 0) is 5.97 Å². The molecule has 0 radical (unpaired) electrons. The van der Waals surface area contributed by atoms with Crippen LogP contribution in [0.15, 0.2) is 12.1 Å². The van der Waals surface area contributed by atoms with Crippen molar-refractivity contribution in [2.45, 2.75) is 19.8 Å². The van der Waals surface area contributed by atoms with Gasteiger partial charge in [0.05, 0.1) is 5.56 Å². The van der Waals surface area contributed by atoms with E-state index in [0.29, 0.717) is 5.56 Å². The summed E-state index contributed by atoms with van der Waals surface area (Å²) in [5, 5.41) is 36.1. The summed E-state index contributed by atoms with van der Waals surface area (Å²) in [5.74, 6) is -3.32. The van der Waals surface area contributed by atoms with Gasteiger partial charge in [0.25, 0.3) is 0 Å². The minimum Gasteiger partial charge on any atom is -0.507 e. The molecular formula is C9H12O4. The van der Waals surface area contributed by atoms with Gasteiger partial charge in [-0.2, -0.15) is 0 Å². The second-order valence-corrected chi connectivity index (χ2v) is 3.04. The number of aromatic hydroxyl groups is 1. The Bertz CT molecular complexity index is 325. The predicted octanol–water partition coefficient (Wildman–Crippen LogP) is 0.0962. The molecule has 4 N–H and O–H groups in total. The van der Waals surface area contributed by atoms with Crippen LogP contribution in [0.4, 0.5) is 0 Å². The molecule has 0 bridgehead atoms. The number of hydrogen-bond donors (Lipinski definition) is 4. The van der Waals surface area contributed by atoms with Crippen LogP contribution in [0.3, 0.4) is 0 Å². The highest BCUT2D eigenvalue weighted by atomic mass is 16.7. The van der Waals surface area contributed by atoms with E-state index in [9.17, 15) is 5.11 Å². The lowest BCUT2D eigenvalue weighted by Crippen LogP contribution is -2.25. The third-order valence-electron chi connectivity index (χ3n) is 2.05. The Morgan fingerprint density at radius 1 is 1.08 bits per heavy atom. The van der Waals surface area contributed by atoms with Gasteiger partial charge in [0.15, 0.2) is 0 Å². The molecule has 1 aromatic carbocycles. The Balaban J connectivity index is 3.43. The lowest BCUT2D eigenvalue weighted by Gasteiger charge is -2.19. The molecule has 0 aliphatic heterocycles. The summed E-state index contributed by atoms with van der Waals surface area (Å²) < 4.78 is 0. The summed E-state index contributed by atoms with van der Waals surface area (Å²) in [6.45, 7) is 3.33. The van der Waals surface area contributed by atoms with E-state index in [1.54, 1.807) is 19.9 Å². The number of rotatable bonds is 1. The first-order valence-electron chi connectivity index (χ1n) is 3.81. The van der Waals surface area contributed by atoms with Crippen molar-refractivity contribution < 1.29 is 20.4 Å². The smallest absolute Gasteiger partial charge is 0.308 e. The van der Waals surface area contributed by atoms with Crippen LogP contribution in [0, 0.1) is 13.8 Å². The number of hydrogen-bond acceptors (Lipinski definition) is 4. The first-order chi connectivity index (χ1) is 5.84. The Labute approximate surface area is 75.7 Å². The van der Waals surface area contributed by atoms with E-state index < -0.39 is 5.97 Å². The van der Waals surface area contributed by atoms with Crippen LogP contribution in [0.5, 0.6) is 5.75 Å². The molecule has 0 atom stereocenters. The zero-order valence-electron chi connectivity index (χ0n) is 7.44. The highest BCUT2D eigenvalue weighted by Gasteiger charge is 2.28. The van der Waals surface area contributed by atoms with E-state index in [2.05, 4.69) is 0 Å². The van der Waals surface area contributed by atoms with E-state index in [0.717, 1.165) is 5.56 Å². The minimum absolute atomic E-state index is 0.271. The molecule has 0 aliphatic rings. The summed E-state index contributed by atoms with van der Waals surface area (Å²) in [6, 6.07) is 2.93. The molecule has 4 nitrogen and oxygen atoms in total. The summed E-state index contributed by atoms with van der Waals surface area (Å²) in [5.41, 5.74) is 0.939. The predicted molar refractivity (Wildman–Crippen MR) is 45.9 cm³/mol. The van der Waals surface area contributed by atoms with E-state index in [-0.39, 0.29) is 11.3 Å². The standard InChI is InChI=1S/C9H12O4/c1-5-3-4-7(10)8(6(5)2)9(11,12)13/h3-4,10-13H,1-2H3. The van der Waals surface area contributed by atoms with Crippen molar-refractivity contribution in [3.63, 3.8) is 0 Å². The van der Waals surface area contributed by atoms with Crippen molar-refractivity contribution in [2.75, 3.05) is 0 Å². The average Bonchev–Trinajstić information content (AvgIpc) is 1.95. The van der Waals surface area contributed by atoms with E-state index in [1.165, 1.54) is 6.07 Å². The molecule has 0 unspecified atom stereocenters. The van der Waals surface area contributed by atoms with Crippen molar-refractivity contribution in [3.8, 4) is 5.75 Å². The van der Waals surface area contributed by atoms with E-state index in [4.69, 9.17) is 15.3 Å². The molecule has 0 fully saturated rings. The molecule has 0 aromatic heterocycles. The molecule has 1 aromatic rings. The third-order valence-corrected chi connectivity index (χ3v) is 2.05. The average molecular weight is 184 g/mol. The third kappa shape index (κ3) is 1.80. The molecule has 0 heterocycles. The second-order valence-electron chi connectivity index (χ2n) is 3.04. The summed E-state index contributed by atoms with van der Waals surface area (Å²) in [7, 11) is 0. The lowest BCUT2D eigenvalue weighted by atomic mass is 10.0. The van der Waals surface area contributed by atoms with Gasteiger partial charge in [-0.3, -0.25) is 0 Å². The molecule has 4 heteroatoms. The maximum absolute atomic E-state index is 9.27. The van der Waals surface area contributed by atoms with Gasteiger partial charge in [-0.15, -0.1) is 0 Å². The molecule has 0 amide bonds. The first kappa shape index (κ1) is 9.98. The minimum atomic E-state index is -2.99. The summed E-state index contributed by atoms with van der Waals surface area (Å²) in [6.07, 6.45) is 0. The number of aliphatic hydroxyl groups is 3. The largest absolute Gasteiger partial charge is 0.507 e. The van der Waals surface area contributed by atoms with Crippen molar-refractivity contribution in [1.82, 2.24) is 0 Å². The van der Waals surface area contributed by atoms with Gasteiger partial charge < -0.3 is 20.4 Å². The fraction of sp³-hybridized carbons (Fsp3) is 0.333. The highest BCUT2D eigenvalue weighted by Crippen LogP contribution is 2.30. The molecule has 13 heavy (non-hydrogen) atoms. The van der Waals surface area contributed by atoms with E-state index >= 15 is 0 Å². The van der Waals surface area contributed by atoms with Gasteiger partial charge in [0.2, 0.25) is 0 Å². The zero-order chi connectivity index (χ0) is 10.2. The number of aryl methyl sites for hydroxylation is 1. The van der Waals surface area contributed by atoms with Crippen molar-refractivity contribution in [2.24, 2.45) is 0 Å². The van der Waals surface area contributed by atoms with Crippen LogP contribution in [0.2, 0.25) is 0 Å². The number of phenols is 1. The number of benzene rings is 1. The van der Waals surface area contributed by atoms with Crippen LogP contribution in [0.1, 0.15) is 16.7 Å². The second kappa shape index (κ2) is 2.99. The molecule has 0 aliphatic carbocycles. The normalized spacial score (nSPS) is 11.8. The zero-order valence-corrected chi connectivity index (χ0v) is 7.44. The molecule has 1 rings (SSSR count). The summed E-state index contributed by atoms with van der Waals surface area (Å²) in [4.78, 5) is 0. The Morgan fingerprint density at radius 2 is 1.62 bits per heavy atom. The molecular weight excluding hydrogens is 172 g/mol. The van der Waals surface area contributed by atoms with Crippen molar-refractivity contribution >= 4 is 0 Å². The van der Waals surface area contributed by atoms with Crippen molar-refractivity contribution in [1.29, 1.82) is 0 Å². The fourth-order valence-corrected chi connectivity index (χ4v) is 1.22. The van der Waals surface area contributed by atoms with Gasteiger partial charge in [0, 0.05) is 0 Å². The van der Waals surface area contributed by atoms with Crippen molar-refractivity contribution in [3.05, 3.63) is 28.8 Å². The Morgan fingerprint density at radius 3 is 2.00 bits per heavy atom. The fourth-order valence-electron chi connectivity index (χ4n) is 1.22. The first-order valence-corrected chi connectivity index (χ1v) is 3.81. The van der Waals surface area contributed by atoms with Crippen LogP contribution in [0.25, 0.3) is 0 Å². The SMILES string of the molecule is Cc1ccc(O)c(C(O)(O)O)c1C. The van der Waals surface area contributed by atoms with Crippen LogP contribution in [-0.4, -0.2) is 20.4 Å². The molecule has 0 spiro atoms. The molecule has 72 valence electrons. The lowest BCUT2D eigenvalue weighted by molar-refractivity contribution is -0.324. The van der Waals surface area contributed by atoms with Gasteiger partial charge in [0.1, 0.15) is 5.75 Å². The number of phenolic OH excluding ortho intramolecular Hbond substituents is 1. The van der Waals surface area contributed by atoms with Gasteiger partial charge >= 0.3 is 5.97 Å². The maximum Gasteiger partial charge on any atom is 0.308 e. The quantitative estimate of drug-likeness (QED) is 0.466. The molecule has 0 saturated carbocycles. The van der Waals surface area contributed by atoms with Gasteiger partial charge in [-0.1, -0.05) is 6.07 Å². The van der Waals surface area contributed by atoms with Crippen LogP contribution >= 0.6 is 0 Å². The molecule has 0 saturated heterocycles. The summed E-state index contributed by atoms with van der Waals surface area (Å²) >= 11 is 0. The Kier molecular flexibility index (Phi) is 2.30. The van der Waals surface area contributed by atoms with Gasteiger partial charge in [-0.05, 0) is 31.0 Å². The Hall–Kier alpha value is -1.10. The monoisotopic (exact) mass is 184 g/mol. The van der Waals surface area contributed by atoms with Crippen LogP contribution < -0.4 is 0 Å². The highest BCUT2D eigenvalue weighted by molar-refractivity contribution is 5.44.